The van der Waals surface area contributed by atoms with Crippen molar-refractivity contribution in [3.63, 3.8) is 0 Å². The Labute approximate surface area is 103 Å². The van der Waals surface area contributed by atoms with E-state index in [4.69, 9.17) is 9.47 Å². The van der Waals surface area contributed by atoms with Crippen LogP contribution in [0, 0.1) is 0 Å². The fourth-order valence-electron chi connectivity index (χ4n) is 2.24. The summed E-state index contributed by atoms with van der Waals surface area (Å²) >= 11 is 0. The molecule has 0 radical (unpaired) electrons. The lowest BCUT2D eigenvalue weighted by atomic mass is 10.1. The van der Waals surface area contributed by atoms with Crippen LogP contribution < -0.4 is 0 Å². The summed E-state index contributed by atoms with van der Waals surface area (Å²) in [5, 5.41) is 0. The molecule has 0 saturated carbocycles. The van der Waals surface area contributed by atoms with Crippen molar-refractivity contribution in [1.29, 1.82) is 0 Å². The quantitative estimate of drug-likeness (QED) is 0.634. The summed E-state index contributed by atoms with van der Waals surface area (Å²) in [6.45, 7) is 10.6. The van der Waals surface area contributed by atoms with Gasteiger partial charge >= 0.3 is 6.09 Å². The minimum atomic E-state index is -0.419. The zero-order valence-electron chi connectivity index (χ0n) is 10.9. The topological polar surface area (TPSA) is 42.0 Å². The second kappa shape index (κ2) is 4.82. The van der Waals surface area contributed by atoms with Crippen molar-refractivity contribution in [1.82, 2.24) is 9.80 Å². The number of hydrogen-bond donors (Lipinski definition) is 0. The van der Waals surface area contributed by atoms with E-state index in [9.17, 15) is 4.79 Å². The molecule has 0 aromatic rings. The predicted molar refractivity (Wildman–Crippen MR) is 64.0 cm³/mol. The molecule has 2 heterocycles. The van der Waals surface area contributed by atoms with Crippen LogP contribution in [0.15, 0.2) is 0 Å². The molecule has 1 atom stereocenters. The molecule has 2 saturated heterocycles. The van der Waals surface area contributed by atoms with Crippen molar-refractivity contribution in [2.75, 3.05) is 39.4 Å². The molecule has 0 spiro atoms. The summed E-state index contributed by atoms with van der Waals surface area (Å²) in [4.78, 5) is 16.1. The highest BCUT2D eigenvalue weighted by Crippen LogP contribution is 2.16. The van der Waals surface area contributed by atoms with Gasteiger partial charge in [-0.1, -0.05) is 0 Å². The van der Waals surface area contributed by atoms with Crippen molar-refractivity contribution in [3.05, 3.63) is 0 Å². The average molecular weight is 242 g/mol. The third-order valence-corrected chi connectivity index (χ3v) is 3.09. The van der Waals surface area contributed by atoms with Crippen LogP contribution >= 0.6 is 0 Å². The summed E-state index contributed by atoms with van der Waals surface area (Å²) < 4.78 is 10.8. The first-order valence-electron chi connectivity index (χ1n) is 6.25. The SMILES string of the molecule is CC(C)(C)OC(=O)N1CCN2CCOC[C@H]2C1. The lowest BCUT2D eigenvalue weighted by molar-refractivity contribution is -0.0503. The van der Waals surface area contributed by atoms with Gasteiger partial charge in [0.15, 0.2) is 0 Å². The van der Waals surface area contributed by atoms with Gasteiger partial charge in [0.05, 0.1) is 19.3 Å². The van der Waals surface area contributed by atoms with E-state index in [1.165, 1.54) is 0 Å². The smallest absolute Gasteiger partial charge is 0.410 e. The normalized spacial score (nSPS) is 26.5. The van der Waals surface area contributed by atoms with Crippen LogP contribution in [0.25, 0.3) is 0 Å². The van der Waals surface area contributed by atoms with Gasteiger partial charge in [-0.3, -0.25) is 4.90 Å². The highest BCUT2D eigenvalue weighted by atomic mass is 16.6. The molecule has 2 aliphatic rings. The maximum absolute atomic E-state index is 11.9. The molecular weight excluding hydrogens is 220 g/mol. The molecular formula is C12H22N2O3. The zero-order chi connectivity index (χ0) is 12.5. The number of ether oxygens (including phenoxy) is 2. The van der Waals surface area contributed by atoms with Gasteiger partial charge in [-0.05, 0) is 20.8 Å². The zero-order valence-corrected chi connectivity index (χ0v) is 10.9. The van der Waals surface area contributed by atoms with E-state index >= 15 is 0 Å². The highest BCUT2D eigenvalue weighted by Gasteiger charge is 2.33. The molecule has 2 fully saturated rings. The fourth-order valence-corrected chi connectivity index (χ4v) is 2.24. The van der Waals surface area contributed by atoms with Gasteiger partial charge in [0.2, 0.25) is 0 Å². The fraction of sp³-hybridized carbons (Fsp3) is 0.917. The summed E-state index contributed by atoms with van der Waals surface area (Å²) in [6, 6.07) is 0.338. The van der Waals surface area contributed by atoms with E-state index in [-0.39, 0.29) is 6.09 Å². The summed E-state index contributed by atoms with van der Waals surface area (Å²) in [6.07, 6.45) is -0.206. The third kappa shape index (κ3) is 3.33. The van der Waals surface area contributed by atoms with Crippen molar-refractivity contribution < 1.29 is 14.3 Å². The lowest BCUT2D eigenvalue weighted by Gasteiger charge is -2.43. The van der Waals surface area contributed by atoms with Crippen molar-refractivity contribution in [2.45, 2.75) is 32.4 Å². The van der Waals surface area contributed by atoms with E-state index in [0.717, 1.165) is 39.4 Å². The monoisotopic (exact) mass is 242 g/mol. The van der Waals surface area contributed by atoms with E-state index in [1.54, 1.807) is 4.90 Å². The maximum Gasteiger partial charge on any atom is 0.410 e. The molecule has 0 aromatic carbocycles. The van der Waals surface area contributed by atoms with Gasteiger partial charge in [0, 0.05) is 26.2 Å². The Bertz CT molecular complexity index is 288. The molecule has 0 unspecified atom stereocenters. The van der Waals surface area contributed by atoms with Crippen LogP contribution in [-0.4, -0.2) is 66.9 Å². The first-order valence-corrected chi connectivity index (χ1v) is 6.25. The predicted octanol–water partition coefficient (Wildman–Crippen LogP) is 0.938. The van der Waals surface area contributed by atoms with Crippen LogP contribution in [0.4, 0.5) is 4.79 Å². The number of carbonyl (C=O) groups is 1. The molecule has 5 heteroatoms. The Morgan fingerprint density at radius 3 is 2.76 bits per heavy atom. The first kappa shape index (κ1) is 12.6. The van der Waals surface area contributed by atoms with Crippen molar-refractivity contribution >= 4 is 6.09 Å². The standard InChI is InChI=1S/C12H22N2O3/c1-12(2,3)17-11(15)14-5-4-13-6-7-16-9-10(13)8-14/h10H,4-9H2,1-3H3/t10-/m1/s1. The first-order chi connectivity index (χ1) is 7.96. The van der Waals surface area contributed by atoms with E-state index in [0.29, 0.717) is 6.04 Å². The van der Waals surface area contributed by atoms with Gasteiger partial charge in [-0.15, -0.1) is 0 Å². The van der Waals surface area contributed by atoms with Crippen LogP contribution in [0.2, 0.25) is 0 Å². The van der Waals surface area contributed by atoms with Gasteiger partial charge < -0.3 is 14.4 Å². The molecule has 2 aliphatic heterocycles. The number of hydrogen-bond acceptors (Lipinski definition) is 4. The number of fused-ring (bicyclic) bond motifs is 1. The Hall–Kier alpha value is -0.810. The number of piperazine rings is 1. The average Bonchev–Trinajstić information content (AvgIpc) is 2.26. The highest BCUT2D eigenvalue weighted by molar-refractivity contribution is 5.68. The number of carbonyl (C=O) groups excluding carboxylic acids is 1. The van der Waals surface area contributed by atoms with Crippen LogP contribution in [0.1, 0.15) is 20.8 Å². The number of amides is 1. The second-order valence-electron chi connectivity index (χ2n) is 5.69. The summed E-state index contributed by atoms with van der Waals surface area (Å²) in [5.41, 5.74) is -0.419. The number of morpholine rings is 1. The molecule has 98 valence electrons. The molecule has 5 nitrogen and oxygen atoms in total. The summed E-state index contributed by atoms with van der Waals surface area (Å²) in [7, 11) is 0. The Kier molecular flexibility index (Phi) is 3.58. The molecule has 0 N–H and O–H groups in total. The molecule has 1 amide bonds. The third-order valence-electron chi connectivity index (χ3n) is 3.09. The van der Waals surface area contributed by atoms with Crippen LogP contribution in [0.3, 0.4) is 0 Å². The maximum atomic E-state index is 11.9. The number of rotatable bonds is 0. The van der Waals surface area contributed by atoms with Crippen molar-refractivity contribution in [3.8, 4) is 0 Å². The minimum Gasteiger partial charge on any atom is -0.444 e. The largest absolute Gasteiger partial charge is 0.444 e. The molecule has 0 aliphatic carbocycles. The molecule has 17 heavy (non-hydrogen) atoms. The van der Waals surface area contributed by atoms with Crippen LogP contribution in [-0.2, 0) is 9.47 Å². The second-order valence-corrected chi connectivity index (χ2v) is 5.69. The Morgan fingerprint density at radius 1 is 1.29 bits per heavy atom. The Balaban J connectivity index is 1.89. The van der Waals surface area contributed by atoms with Gasteiger partial charge in [0.1, 0.15) is 5.60 Å². The molecule has 0 aromatic heterocycles. The summed E-state index contributed by atoms with van der Waals surface area (Å²) in [5.74, 6) is 0. The van der Waals surface area contributed by atoms with Crippen LogP contribution in [0.5, 0.6) is 0 Å². The van der Waals surface area contributed by atoms with E-state index < -0.39 is 5.60 Å². The molecule has 2 rings (SSSR count). The van der Waals surface area contributed by atoms with E-state index in [2.05, 4.69) is 4.90 Å². The van der Waals surface area contributed by atoms with Crippen molar-refractivity contribution in [2.24, 2.45) is 0 Å². The lowest BCUT2D eigenvalue weighted by Crippen LogP contribution is -2.59. The Morgan fingerprint density at radius 2 is 2.06 bits per heavy atom. The molecule has 0 bridgehead atoms. The minimum absolute atomic E-state index is 0.206. The van der Waals surface area contributed by atoms with Gasteiger partial charge in [-0.2, -0.15) is 0 Å². The van der Waals surface area contributed by atoms with Gasteiger partial charge in [0.25, 0.3) is 0 Å². The van der Waals surface area contributed by atoms with E-state index in [1.807, 2.05) is 20.8 Å². The number of nitrogens with zero attached hydrogens (tertiary/aromatic N) is 2. The van der Waals surface area contributed by atoms with Gasteiger partial charge in [-0.25, -0.2) is 4.79 Å².